The number of aryl methyl sites for hydroxylation is 1. The van der Waals surface area contributed by atoms with Gasteiger partial charge < -0.3 is 0 Å². The van der Waals surface area contributed by atoms with Gasteiger partial charge in [-0.2, -0.15) is 0 Å². The van der Waals surface area contributed by atoms with Gasteiger partial charge in [0.25, 0.3) is 0 Å². The van der Waals surface area contributed by atoms with Crippen LogP contribution < -0.4 is 5.73 Å². The first-order chi connectivity index (χ1) is 7.84. The maximum atomic E-state index is 9.52. The van der Waals surface area contributed by atoms with Crippen molar-refractivity contribution in [3.8, 4) is 0 Å². The standard InChI is InChI=1S/C14H24NP/c1-2-3-4-5-6-7-8-9-12-16-13-10-11-14(16)15/h10-11,13H,2-9,12H2,1H3. The van der Waals surface area contributed by atoms with E-state index >= 15 is 0 Å². The molecule has 2 radical (unpaired) electrons. The molecular weight excluding hydrogens is 213 g/mol. The van der Waals surface area contributed by atoms with Crippen LogP contribution in [0.2, 0.25) is 0 Å². The van der Waals surface area contributed by atoms with Gasteiger partial charge in [-0.05, 0) is 24.4 Å². The quantitative estimate of drug-likeness (QED) is 0.505. The van der Waals surface area contributed by atoms with E-state index in [1.54, 1.807) is 0 Å². The Morgan fingerprint density at radius 2 is 1.62 bits per heavy atom. The third-order valence-electron chi connectivity index (χ3n) is 3.06. The molecule has 0 aliphatic rings. The molecule has 0 spiro atoms. The van der Waals surface area contributed by atoms with Crippen molar-refractivity contribution in [1.29, 1.82) is 0 Å². The van der Waals surface area contributed by atoms with Gasteiger partial charge in [0.1, 0.15) is 5.42 Å². The molecule has 0 fully saturated rings. The first-order valence-electron chi connectivity index (χ1n) is 6.68. The van der Waals surface area contributed by atoms with Crippen molar-refractivity contribution in [2.24, 2.45) is 0 Å². The molecule has 90 valence electrons. The second-order valence-electron chi connectivity index (χ2n) is 4.53. The van der Waals surface area contributed by atoms with Crippen LogP contribution >= 0.6 is 7.53 Å². The van der Waals surface area contributed by atoms with Crippen LogP contribution in [-0.2, 0) is 6.16 Å². The second kappa shape index (κ2) is 8.70. The summed E-state index contributed by atoms with van der Waals surface area (Å²) < 4.78 is 0. The molecule has 0 bridgehead atoms. The molecule has 0 aliphatic heterocycles. The lowest BCUT2D eigenvalue weighted by Gasteiger charge is -2.02. The average molecular weight is 237 g/mol. The minimum atomic E-state index is -0.300. The summed E-state index contributed by atoms with van der Waals surface area (Å²) >= 11 is 0. The van der Waals surface area contributed by atoms with E-state index in [-0.39, 0.29) is 7.53 Å². The van der Waals surface area contributed by atoms with Crippen LogP contribution in [0.15, 0.2) is 17.9 Å². The highest BCUT2D eigenvalue weighted by Gasteiger charge is 1.99. The lowest BCUT2D eigenvalue weighted by Crippen LogP contribution is -1.80. The van der Waals surface area contributed by atoms with Crippen LogP contribution in [0.5, 0.6) is 0 Å². The molecule has 1 rings (SSSR count). The van der Waals surface area contributed by atoms with Gasteiger partial charge in [-0.1, -0.05) is 65.5 Å². The summed E-state index contributed by atoms with van der Waals surface area (Å²) in [5, 5.41) is 0. The highest BCUT2D eigenvalue weighted by Crippen LogP contribution is 2.39. The van der Waals surface area contributed by atoms with Crippen LogP contribution in [0.25, 0.3) is 0 Å². The molecule has 2 heteroatoms. The molecule has 1 unspecified atom stereocenters. The molecule has 0 saturated heterocycles. The maximum absolute atomic E-state index is 9.52. The lowest BCUT2D eigenvalue weighted by molar-refractivity contribution is 0.582. The van der Waals surface area contributed by atoms with Crippen LogP contribution in [-0.4, -0.2) is 0 Å². The van der Waals surface area contributed by atoms with Gasteiger partial charge in [0.2, 0.25) is 0 Å². The summed E-state index contributed by atoms with van der Waals surface area (Å²) in [7, 11) is -0.300. The Bertz CT molecular complexity index is 267. The van der Waals surface area contributed by atoms with Crippen LogP contribution in [0.3, 0.4) is 0 Å². The predicted molar refractivity (Wildman–Crippen MR) is 73.6 cm³/mol. The second-order valence-corrected chi connectivity index (χ2v) is 6.68. The van der Waals surface area contributed by atoms with Crippen molar-refractivity contribution in [3.05, 3.63) is 17.9 Å². The molecule has 1 nitrogen and oxygen atoms in total. The lowest BCUT2D eigenvalue weighted by atomic mass is 10.1. The van der Waals surface area contributed by atoms with E-state index < -0.39 is 0 Å². The Balaban J connectivity index is 1.91. The SMILES string of the molecule is CCCCCCCCCCp1cccc1[N]. The van der Waals surface area contributed by atoms with Gasteiger partial charge in [0, 0.05) is 0 Å². The van der Waals surface area contributed by atoms with E-state index in [1.807, 2.05) is 12.1 Å². The van der Waals surface area contributed by atoms with Crippen LogP contribution in [0.4, 0.5) is 5.42 Å². The maximum Gasteiger partial charge on any atom is 0.104 e. The van der Waals surface area contributed by atoms with Gasteiger partial charge >= 0.3 is 0 Å². The first kappa shape index (κ1) is 13.6. The van der Waals surface area contributed by atoms with Gasteiger partial charge in [-0.15, -0.1) is 5.73 Å². The van der Waals surface area contributed by atoms with Crippen molar-refractivity contribution in [2.45, 2.75) is 64.5 Å². The van der Waals surface area contributed by atoms with E-state index in [0.717, 1.165) is 0 Å². The highest BCUT2D eigenvalue weighted by molar-refractivity contribution is 7.51. The van der Waals surface area contributed by atoms with Gasteiger partial charge in [0.15, 0.2) is 0 Å². The summed E-state index contributed by atoms with van der Waals surface area (Å²) in [6.07, 6.45) is 12.1. The largest absolute Gasteiger partial charge is 0.146 e. The molecular formula is C14H24NP. The van der Waals surface area contributed by atoms with Crippen molar-refractivity contribution < 1.29 is 0 Å². The fourth-order valence-electron chi connectivity index (χ4n) is 2.01. The van der Waals surface area contributed by atoms with E-state index in [9.17, 15) is 5.73 Å². The molecule has 1 aromatic rings. The molecule has 0 amide bonds. The molecule has 16 heavy (non-hydrogen) atoms. The van der Waals surface area contributed by atoms with E-state index in [4.69, 9.17) is 0 Å². The number of unbranched alkanes of at least 4 members (excludes halogenated alkanes) is 7. The Morgan fingerprint density at radius 1 is 1.00 bits per heavy atom. The molecule has 0 aliphatic carbocycles. The summed E-state index contributed by atoms with van der Waals surface area (Å²) in [5.74, 6) is 2.17. The summed E-state index contributed by atoms with van der Waals surface area (Å²) in [4.78, 5) is 0. The molecule has 0 aromatic carbocycles. The van der Waals surface area contributed by atoms with Gasteiger partial charge in [0.05, 0.1) is 0 Å². The van der Waals surface area contributed by atoms with E-state index in [0.29, 0.717) is 5.42 Å². The van der Waals surface area contributed by atoms with Crippen LogP contribution in [0, 0.1) is 0 Å². The van der Waals surface area contributed by atoms with Gasteiger partial charge in [-0.25, -0.2) is 0 Å². The normalized spacial score (nSPS) is 11.9. The van der Waals surface area contributed by atoms with E-state index in [1.165, 1.54) is 57.5 Å². The third-order valence-corrected chi connectivity index (χ3v) is 5.13. The van der Waals surface area contributed by atoms with E-state index in [2.05, 4.69) is 12.7 Å². The summed E-state index contributed by atoms with van der Waals surface area (Å²) in [6.45, 7) is 2.26. The molecule has 0 N–H and O–H groups in total. The zero-order chi connectivity index (χ0) is 11.6. The molecule has 1 heterocycles. The van der Waals surface area contributed by atoms with Gasteiger partial charge in [-0.3, -0.25) is 0 Å². The van der Waals surface area contributed by atoms with Crippen molar-refractivity contribution in [2.75, 3.05) is 0 Å². The number of hydrogen-bond acceptors (Lipinski definition) is 0. The fraction of sp³-hybridized carbons (Fsp3) is 0.714. The number of nitrogens with zero attached hydrogens (tertiary/aromatic N) is 1. The Morgan fingerprint density at radius 3 is 2.19 bits per heavy atom. The van der Waals surface area contributed by atoms with Crippen molar-refractivity contribution >= 4 is 13.0 Å². The first-order valence-corrected chi connectivity index (χ1v) is 8.28. The van der Waals surface area contributed by atoms with Crippen molar-refractivity contribution in [3.63, 3.8) is 0 Å². The fourth-order valence-corrected chi connectivity index (χ4v) is 3.68. The highest BCUT2D eigenvalue weighted by atomic mass is 31.1. The summed E-state index contributed by atoms with van der Waals surface area (Å²) in [5.41, 5.74) is 10.1. The van der Waals surface area contributed by atoms with Crippen molar-refractivity contribution in [1.82, 2.24) is 5.73 Å². The zero-order valence-electron chi connectivity index (χ0n) is 10.5. The zero-order valence-corrected chi connectivity index (χ0v) is 11.4. The minimum Gasteiger partial charge on any atom is -0.146 e. The summed E-state index contributed by atoms with van der Waals surface area (Å²) in [6, 6.07) is 3.84. The number of rotatable bonds is 9. The predicted octanol–water partition coefficient (Wildman–Crippen LogP) is 5.51. The number of hydrogen-bond donors (Lipinski definition) is 0. The Hall–Kier alpha value is -0.420. The molecule has 1 atom stereocenters. The Labute approximate surface area is 101 Å². The molecule has 0 saturated carbocycles. The smallest absolute Gasteiger partial charge is 0.104 e. The third kappa shape index (κ3) is 5.61. The van der Waals surface area contributed by atoms with Crippen LogP contribution in [0.1, 0.15) is 58.3 Å². The monoisotopic (exact) mass is 237 g/mol. The topological polar surface area (TPSA) is 22.3 Å². The average Bonchev–Trinajstić information content (AvgIpc) is 2.68. The minimum absolute atomic E-state index is 0.300. The Kier molecular flexibility index (Phi) is 7.42. The molecule has 1 aromatic heterocycles.